The number of hydrogen-bond acceptors (Lipinski definition) is 5. The second-order valence-corrected chi connectivity index (χ2v) is 4.86. The van der Waals surface area contributed by atoms with E-state index in [-0.39, 0.29) is 19.6 Å². The SMILES string of the molecule is O=C(O)[C@@H](Cc1cnc[nH]1)NC[C@@H](O)COc1ccccc1. The predicted octanol–water partition coefficient (Wildman–Crippen LogP) is 0.435. The first-order chi connectivity index (χ1) is 10.6. The number of aromatic amines is 1. The van der Waals surface area contributed by atoms with Crippen molar-refractivity contribution in [2.75, 3.05) is 13.2 Å². The molecule has 1 heterocycles. The van der Waals surface area contributed by atoms with Gasteiger partial charge in [-0.05, 0) is 12.1 Å². The molecule has 0 spiro atoms. The molecule has 0 saturated carbocycles. The molecule has 0 fully saturated rings. The molecule has 2 rings (SSSR count). The topological polar surface area (TPSA) is 107 Å². The number of ether oxygens (including phenoxy) is 1. The summed E-state index contributed by atoms with van der Waals surface area (Å²) in [5.41, 5.74) is 0.718. The van der Waals surface area contributed by atoms with Crippen LogP contribution in [0.1, 0.15) is 5.69 Å². The molecule has 0 amide bonds. The van der Waals surface area contributed by atoms with Gasteiger partial charge in [-0.3, -0.25) is 4.79 Å². The van der Waals surface area contributed by atoms with E-state index in [1.54, 1.807) is 18.3 Å². The van der Waals surface area contributed by atoms with Crippen LogP contribution in [0, 0.1) is 0 Å². The Balaban J connectivity index is 1.75. The average Bonchev–Trinajstić information content (AvgIpc) is 3.03. The highest BCUT2D eigenvalue weighted by Crippen LogP contribution is 2.08. The first kappa shape index (κ1) is 16.0. The monoisotopic (exact) mass is 305 g/mol. The van der Waals surface area contributed by atoms with Crippen LogP contribution >= 0.6 is 0 Å². The van der Waals surface area contributed by atoms with E-state index in [1.165, 1.54) is 6.33 Å². The van der Waals surface area contributed by atoms with E-state index >= 15 is 0 Å². The zero-order chi connectivity index (χ0) is 15.8. The molecule has 0 unspecified atom stereocenters. The smallest absolute Gasteiger partial charge is 0.321 e. The zero-order valence-corrected chi connectivity index (χ0v) is 12.0. The highest BCUT2D eigenvalue weighted by molar-refractivity contribution is 5.73. The van der Waals surface area contributed by atoms with E-state index in [9.17, 15) is 15.0 Å². The minimum atomic E-state index is -0.981. The van der Waals surface area contributed by atoms with Crippen LogP contribution in [0.5, 0.6) is 5.75 Å². The lowest BCUT2D eigenvalue weighted by atomic mass is 10.1. The third kappa shape index (κ3) is 5.19. The summed E-state index contributed by atoms with van der Waals surface area (Å²) >= 11 is 0. The first-order valence-electron chi connectivity index (χ1n) is 6.94. The average molecular weight is 305 g/mol. The molecular formula is C15H19N3O4. The number of carboxylic acids is 1. The van der Waals surface area contributed by atoms with E-state index < -0.39 is 18.1 Å². The maximum Gasteiger partial charge on any atom is 0.321 e. The van der Waals surface area contributed by atoms with Crippen LogP contribution in [-0.2, 0) is 11.2 Å². The molecule has 0 radical (unpaired) electrons. The van der Waals surface area contributed by atoms with Crippen molar-refractivity contribution in [3.8, 4) is 5.75 Å². The summed E-state index contributed by atoms with van der Waals surface area (Å²) in [6.07, 6.45) is 2.54. The standard InChI is InChI=1S/C15H19N3O4/c19-12(9-22-13-4-2-1-3-5-13)8-17-14(15(20)21)6-11-7-16-10-18-11/h1-5,7,10,12,14,17,19H,6,8-9H2,(H,16,18)(H,20,21)/t12-,14-/m1/s1. The number of benzene rings is 1. The predicted molar refractivity (Wildman–Crippen MR) is 79.7 cm³/mol. The third-order valence-corrected chi connectivity index (χ3v) is 3.06. The molecule has 4 N–H and O–H groups in total. The fourth-order valence-corrected chi connectivity index (χ4v) is 1.91. The number of aliphatic hydroxyl groups excluding tert-OH is 1. The summed E-state index contributed by atoms with van der Waals surface area (Å²) in [6.45, 7) is 0.214. The largest absolute Gasteiger partial charge is 0.491 e. The summed E-state index contributed by atoms with van der Waals surface area (Å²) in [5.74, 6) is -0.320. The Morgan fingerprint density at radius 1 is 1.36 bits per heavy atom. The van der Waals surface area contributed by atoms with Crippen LogP contribution in [0.25, 0.3) is 0 Å². The minimum absolute atomic E-state index is 0.0907. The number of imidazole rings is 1. The van der Waals surface area contributed by atoms with E-state index in [1.807, 2.05) is 18.2 Å². The number of H-pyrrole nitrogens is 1. The second kappa shape index (κ2) is 8.16. The first-order valence-corrected chi connectivity index (χ1v) is 6.94. The lowest BCUT2D eigenvalue weighted by Gasteiger charge is -2.17. The highest BCUT2D eigenvalue weighted by Gasteiger charge is 2.19. The summed E-state index contributed by atoms with van der Waals surface area (Å²) in [7, 11) is 0. The van der Waals surface area contributed by atoms with E-state index in [4.69, 9.17) is 4.74 Å². The number of aromatic nitrogens is 2. The molecule has 0 aliphatic rings. The van der Waals surface area contributed by atoms with Gasteiger partial charge in [-0.15, -0.1) is 0 Å². The number of carbonyl (C=O) groups is 1. The van der Waals surface area contributed by atoms with Crippen LogP contribution in [0.15, 0.2) is 42.9 Å². The summed E-state index contributed by atoms with van der Waals surface area (Å²) in [4.78, 5) is 17.9. The molecule has 7 nitrogen and oxygen atoms in total. The lowest BCUT2D eigenvalue weighted by molar-refractivity contribution is -0.139. The summed E-state index contributed by atoms with van der Waals surface area (Å²) in [6, 6.07) is 8.33. The fraction of sp³-hybridized carbons (Fsp3) is 0.333. The molecule has 0 aliphatic heterocycles. The number of carboxylic acid groups (broad SMARTS) is 1. The van der Waals surface area contributed by atoms with Crippen LogP contribution < -0.4 is 10.1 Å². The van der Waals surface area contributed by atoms with Crippen molar-refractivity contribution in [2.45, 2.75) is 18.6 Å². The quantitative estimate of drug-likeness (QED) is 0.535. The number of para-hydroxylation sites is 1. The molecule has 2 aromatic rings. The number of aliphatic hydroxyl groups is 1. The van der Waals surface area contributed by atoms with Gasteiger partial charge in [-0.1, -0.05) is 18.2 Å². The number of aliphatic carboxylic acids is 1. The second-order valence-electron chi connectivity index (χ2n) is 4.86. The molecule has 1 aromatic carbocycles. The normalized spacial score (nSPS) is 13.5. The molecular weight excluding hydrogens is 286 g/mol. The van der Waals surface area contributed by atoms with Gasteiger partial charge in [0.2, 0.25) is 0 Å². The van der Waals surface area contributed by atoms with Crippen molar-refractivity contribution in [1.82, 2.24) is 15.3 Å². The van der Waals surface area contributed by atoms with Gasteiger partial charge in [-0.25, -0.2) is 4.98 Å². The number of hydrogen-bond donors (Lipinski definition) is 4. The Morgan fingerprint density at radius 2 is 2.14 bits per heavy atom. The van der Waals surface area contributed by atoms with E-state index in [0.29, 0.717) is 5.75 Å². The zero-order valence-electron chi connectivity index (χ0n) is 12.0. The maximum atomic E-state index is 11.2. The summed E-state index contributed by atoms with van der Waals surface area (Å²) < 4.78 is 5.41. The lowest BCUT2D eigenvalue weighted by Crippen LogP contribution is -2.43. The molecule has 0 aliphatic carbocycles. The molecule has 7 heteroatoms. The van der Waals surface area contributed by atoms with Gasteiger partial charge in [0.25, 0.3) is 0 Å². The van der Waals surface area contributed by atoms with E-state index in [0.717, 1.165) is 5.69 Å². The molecule has 0 saturated heterocycles. The van der Waals surface area contributed by atoms with E-state index in [2.05, 4.69) is 15.3 Å². The number of nitrogens with zero attached hydrogens (tertiary/aromatic N) is 1. The Labute approximate surface area is 128 Å². The van der Waals surface area contributed by atoms with Gasteiger partial charge >= 0.3 is 5.97 Å². The van der Waals surface area contributed by atoms with Crippen LogP contribution in [0.3, 0.4) is 0 Å². The minimum Gasteiger partial charge on any atom is -0.491 e. The Bertz CT molecular complexity index is 559. The Morgan fingerprint density at radius 3 is 2.77 bits per heavy atom. The molecule has 0 bridgehead atoms. The van der Waals surface area contributed by atoms with Gasteiger partial charge in [0, 0.05) is 24.9 Å². The number of nitrogens with one attached hydrogen (secondary N) is 2. The van der Waals surface area contributed by atoms with Crippen molar-refractivity contribution >= 4 is 5.97 Å². The molecule has 118 valence electrons. The van der Waals surface area contributed by atoms with Gasteiger partial charge < -0.3 is 25.3 Å². The van der Waals surface area contributed by atoms with Crippen LogP contribution in [-0.4, -0.2) is 51.4 Å². The van der Waals surface area contributed by atoms with Crippen molar-refractivity contribution < 1.29 is 19.7 Å². The van der Waals surface area contributed by atoms with Crippen LogP contribution in [0.2, 0.25) is 0 Å². The van der Waals surface area contributed by atoms with Gasteiger partial charge in [-0.2, -0.15) is 0 Å². The molecule has 2 atom stereocenters. The molecule has 1 aromatic heterocycles. The summed E-state index contributed by atoms with van der Waals surface area (Å²) in [5, 5.41) is 21.9. The van der Waals surface area contributed by atoms with Gasteiger partial charge in [0.15, 0.2) is 0 Å². The fourth-order valence-electron chi connectivity index (χ4n) is 1.91. The highest BCUT2D eigenvalue weighted by atomic mass is 16.5. The Hall–Kier alpha value is -2.38. The Kier molecular flexibility index (Phi) is 5.93. The number of rotatable bonds is 9. The van der Waals surface area contributed by atoms with Crippen LogP contribution in [0.4, 0.5) is 0 Å². The van der Waals surface area contributed by atoms with Gasteiger partial charge in [0.1, 0.15) is 24.5 Å². The molecule has 22 heavy (non-hydrogen) atoms. The van der Waals surface area contributed by atoms with Crippen molar-refractivity contribution in [2.24, 2.45) is 0 Å². The van der Waals surface area contributed by atoms with Crippen molar-refractivity contribution in [3.05, 3.63) is 48.5 Å². The van der Waals surface area contributed by atoms with Gasteiger partial charge in [0.05, 0.1) is 6.33 Å². The van der Waals surface area contributed by atoms with Crippen molar-refractivity contribution in [1.29, 1.82) is 0 Å². The third-order valence-electron chi connectivity index (χ3n) is 3.06. The van der Waals surface area contributed by atoms with Crippen molar-refractivity contribution in [3.63, 3.8) is 0 Å². The maximum absolute atomic E-state index is 11.2.